The minimum absolute atomic E-state index is 0.196. The smallest absolute Gasteiger partial charge is 0.307 e. The molecular weight excluding hydrogens is 171 g/mol. The molecule has 0 aliphatic heterocycles. The minimum Gasteiger partial charge on any atom is -0.334 e. The van der Waals surface area contributed by atoms with Crippen LogP contribution in [0.1, 0.15) is 41.5 Å². The lowest BCUT2D eigenvalue weighted by molar-refractivity contribution is 0.123. The zero-order valence-electron chi connectivity index (χ0n) is 11.5. The van der Waals surface area contributed by atoms with Gasteiger partial charge in [0.05, 0.1) is 0 Å². The van der Waals surface area contributed by atoms with E-state index in [1.165, 1.54) is 0 Å². The van der Waals surface area contributed by atoms with Gasteiger partial charge in [0.2, 0.25) is 0 Å². The Morgan fingerprint density at radius 1 is 0.786 bits per heavy atom. The zero-order valence-corrected chi connectivity index (χ0v) is 11.5. The average molecular weight is 198 g/mol. The number of rotatable bonds is 2. The molecule has 0 unspecified atom stereocenters. The van der Waals surface area contributed by atoms with Crippen molar-refractivity contribution < 1.29 is 0 Å². The van der Waals surface area contributed by atoms with Crippen molar-refractivity contribution in [3.8, 4) is 0 Å². The number of hydrogen-bond acceptors (Lipinski definition) is 2. The van der Waals surface area contributed by atoms with Crippen molar-refractivity contribution in [2.75, 3.05) is 14.1 Å². The number of nitrogens with zero attached hydrogens (tertiary/aromatic N) is 2. The Morgan fingerprint density at radius 2 is 1.07 bits per heavy atom. The molecule has 0 amide bonds. The molecule has 0 saturated heterocycles. The van der Waals surface area contributed by atoms with Crippen molar-refractivity contribution in [2.24, 2.45) is 0 Å². The van der Waals surface area contributed by atoms with Crippen molar-refractivity contribution in [3.05, 3.63) is 0 Å². The van der Waals surface area contributed by atoms with Crippen molar-refractivity contribution in [3.63, 3.8) is 0 Å². The maximum absolute atomic E-state index is 2.54. The maximum atomic E-state index is 2.54. The van der Waals surface area contributed by atoms with E-state index in [0.29, 0.717) is 6.98 Å². The molecule has 0 aromatic rings. The molecule has 84 valence electrons. The molecular formula is C11H27BN2. The molecule has 3 heteroatoms. The molecule has 0 bridgehead atoms. The topological polar surface area (TPSA) is 6.48 Å². The summed E-state index contributed by atoms with van der Waals surface area (Å²) in [6.07, 6.45) is 0. The fourth-order valence-corrected chi connectivity index (χ4v) is 2.36. The molecule has 0 N–H and O–H groups in total. The van der Waals surface area contributed by atoms with Crippen molar-refractivity contribution in [1.82, 2.24) is 9.62 Å². The highest BCUT2D eigenvalue weighted by Gasteiger charge is 2.37. The van der Waals surface area contributed by atoms with E-state index >= 15 is 0 Å². The molecule has 0 aliphatic rings. The van der Waals surface area contributed by atoms with E-state index in [-0.39, 0.29) is 11.1 Å². The first kappa shape index (κ1) is 14.0. The first-order valence-electron chi connectivity index (χ1n) is 5.44. The fraction of sp³-hybridized carbons (Fsp3) is 1.00. The van der Waals surface area contributed by atoms with Crippen molar-refractivity contribution >= 4 is 6.98 Å². The Bertz CT molecular complexity index is 163. The van der Waals surface area contributed by atoms with Crippen LogP contribution in [0, 0.1) is 0 Å². The summed E-state index contributed by atoms with van der Waals surface area (Å²) in [4.78, 5) is 4.80. The lowest BCUT2D eigenvalue weighted by Gasteiger charge is -2.49. The molecule has 0 aliphatic carbocycles. The van der Waals surface area contributed by atoms with E-state index in [4.69, 9.17) is 0 Å². The molecule has 0 radical (unpaired) electrons. The standard InChI is InChI=1S/C11H27BN2/c1-10(2,3)14(11(4,5)6)12(7)13(8)9/h1-9H3. The second-order valence-electron chi connectivity index (χ2n) is 6.31. The highest BCUT2D eigenvalue weighted by Crippen LogP contribution is 2.26. The summed E-state index contributed by atoms with van der Waals surface area (Å²) in [5.41, 5.74) is 0.393. The third kappa shape index (κ3) is 3.62. The van der Waals surface area contributed by atoms with Gasteiger partial charge in [0.1, 0.15) is 0 Å². The highest BCUT2D eigenvalue weighted by atomic mass is 15.3. The van der Waals surface area contributed by atoms with Gasteiger partial charge in [0.25, 0.3) is 0 Å². The summed E-state index contributed by atoms with van der Waals surface area (Å²) in [5.74, 6) is 0. The summed E-state index contributed by atoms with van der Waals surface area (Å²) in [6, 6.07) is 0. The summed E-state index contributed by atoms with van der Waals surface area (Å²) in [6.45, 7) is 16.4. The Hall–Kier alpha value is -0.0151. The second kappa shape index (κ2) is 4.24. The van der Waals surface area contributed by atoms with Gasteiger partial charge in [-0.2, -0.15) is 0 Å². The second-order valence-corrected chi connectivity index (χ2v) is 6.31. The average Bonchev–Trinajstić information content (AvgIpc) is 1.79. The van der Waals surface area contributed by atoms with Crippen LogP contribution in [0.2, 0.25) is 6.82 Å². The Labute approximate surface area is 90.8 Å². The predicted molar refractivity (Wildman–Crippen MR) is 66.7 cm³/mol. The Kier molecular flexibility index (Phi) is 4.23. The highest BCUT2D eigenvalue weighted by molar-refractivity contribution is 6.51. The van der Waals surface area contributed by atoms with E-state index < -0.39 is 0 Å². The van der Waals surface area contributed by atoms with Crippen LogP contribution in [0.5, 0.6) is 0 Å². The van der Waals surface area contributed by atoms with Crippen molar-refractivity contribution in [1.29, 1.82) is 0 Å². The van der Waals surface area contributed by atoms with Gasteiger partial charge in [-0.3, -0.25) is 0 Å². The largest absolute Gasteiger partial charge is 0.334 e. The van der Waals surface area contributed by atoms with Crippen LogP contribution < -0.4 is 0 Å². The molecule has 0 heterocycles. The normalized spacial score (nSPS) is 13.9. The lowest BCUT2D eigenvalue weighted by Crippen LogP contribution is -2.63. The summed E-state index contributed by atoms with van der Waals surface area (Å²) < 4.78 is 0. The monoisotopic (exact) mass is 198 g/mol. The molecule has 0 aromatic carbocycles. The molecule has 0 aromatic heterocycles. The molecule has 0 fully saturated rings. The van der Waals surface area contributed by atoms with Crippen LogP contribution in [0.15, 0.2) is 0 Å². The quantitative estimate of drug-likeness (QED) is 0.629. The molecule has 14 heavy (non-hydrogen) atoms. The third-order valence-electron chi connectivity index (χ3n) is 2.57. The zero-order chi connectivity index (χ0) is 11.7. The van der Waals surface area contributed by atoms with Gasteiger partial charge in [-0.15, -0.1) is 0 Å². The van der Waals surface area contributed by atoms with E-state index in [1.807, 2.05) is 0 Å². The van der Waals surface area contributed by atoms with Gasteiger partial charge in [0.15, 0.2) is 0 Å². The van der Waals surface area contributed by atoms with Crippen molar-refractivity contribution in [2.45, 2.75) is 59.4 Å². The maximum Gasteiger partial charge on any atom is 0.307 e. The Balaban J connectivity index is 4.94. The molecule has 0 spiro atoms. The van der Waals surface area contributed by atoms with Gasteiger partial charge in [-0.25, -0.2) is 0 Å². The Morgan fingerprint density at radius 3 is 1.14 bits per heavy atom. The summed E-state index contributed by atoms with van der Waals surface area (Å²) in [5, 5.41) is 0. The fourth-order valence-electron chi connectivity index (χ4n) is 2.36. The van der Waals surface area contributed by atoms with E-state index in [9.17, 15) is 0 Å². The van der Waals surface area contributed by atoms with Crippen LogP contribution in [-0.2, 0) is 0 Å². The predicted octanol–water partition coefficient (Wildman–Crippen LogP) is 2.57. The van der Waals surface area contributed by atoms with E-state index in [1.54, 1.807) is 0 Å². The van der Waals surface area contributed by atoms with Crippen LogP contribution in [0.4, 0.5) is 0 Å². The lowest BCUT2D eigenvalue weighted by atomic mass is 9.68. The SMILES string of the molecule is CB(N(C)C)N(C(C)(C)C)C(C)(C)C. The molecule has 2 nitrogen and oxygen atoms in total. The molecule has 0 atom stereocenters. The van der Waals surface area contributed by atoms with Gasteiger partial charge in [0, 0.05) is 11.1 Å². The van der Waals surface area contributed by atoms with Crippen LogP contribution in [-0.4, -0.2) is 41.8 Å². The minimum atomic E-state index is 0.196. The van der Waals surface area contributed by atoms with Gasteiger partial charge >= 0.3 is 6.98 Å². The summed E-state index contributed by atoms with van der Waals surface area (Å²) in [7, 11) is 4.27. The van der Waals surface area contributed by atoms with Gasteiger partial charge < -0.3 is 9.62 Å². The van der Waals surface area contributed by atoms with Crippen LogP contribution in [0.25, 0.3) is 0 Å². The first-order valence-corrected chi connectivity index (χ1v) is 5.44. The van der Waals surface area contributed by atoms with Gasteiger partial charge in [-0.05, 0) is 55.6 Å². The van der Waals surface area contributed by atoms with Crippen LogP contribution >= 0.6 is 0 Å². The van der Waals surface area contributed by atoms with E-state index in [2.05, 4.69) is 72.1 Å². The summed E-state index contributed by atoms with van der Waals surface area (Å²) >= 11 is 0. The third-order valence-corrected chi connectivity index (χ3v) is 2.57. The van der Waals surface area contributed by atoms with Crippen LogP contribution in [0.3, 0.4) is 0 Å². The first-order chi connectivity index (χ1) is 5.98. The molecule has 0 rings (SSSR count). The van der Waals surface area contributed by atoms with Gasteiger partial charge in [-0.1, -0.05) is 6.82 Å². The number of hydrogen-bond donors (Lipinski definition) is 0. The molecule has 0 saturated carbocycles. The van der Waals surface area contributed by atoms with E-state index in [0.717, 1.165) is 0 Å².